The van der Waals surface area contributed by atoms with E-state index in [9.17, 15) is 0 Å². The van der Waals surface area contributed by atoms with E-state index in [1.165, 1.54) is 5.56 Å². The minimum Gasteiger partial charge on any atom is -0.357 e. The number of rotatable bonds is 4. The van der Waals surface area contributed by atoms with Crippen LogP contribution in [0.3, 0.4) is 0 Å². The predicted molar refractivity (Wildman–Crippen MR) is 73.4 cm³/mol. The van der Waals surface area contributed by atoms with Crippen molar-refractivity contribution in [3.8, 4) is 0 Å². The first-order chi connectivity index (χ1) is 8.85. The highest BCUT2D eigenvalue weighted by Gasteiger charge is 2.01. The molecule has 0 aliphatic rings. The van der Waals surface area contributed by atoms with Crippen molar-refractivity contribution >= 4 is 27.5 Å². The van der Waals surface area contributed by atoms with Gasteiger partial charge in [-0.3, -0.25) is 0 Å². The largest absolute Gasteiger partial charge is 0.357 e. The molecule has 0 bridgehead atoms. The Bertz CT molecular complexity index is 657. The molecule has 0 fully saturated rings. The van der Waals surface area contributed by atoms with Crippen LogP contribution < -0.4 is 11.1 Å². The fraction of sp³-hybridized carbons (Fsp3) is 0.167. The van der Waals surface area contributed by atoms with Crippen LogP contribution in [0, 0.1) is 0 Å². The molecule has 0 aliphatic heterocycles. The summed E-state index contributed by atoms with van der Waals surface area (Å²) in [5, 5.41) is 4.19. The third-order valence-corrected chi connectivity index (χ3v) is 3.66. The Morgan fingerprint density at radius 1 is 1.33 bits per heavy atom. The molecule has 6 heteroatoms. The number of H-pyrrole nitrogens is 1. The lowest BCUT2D eigenvalue weighted by molar-refractivity contribution is 1.09. The van der Waals surface area contributed by atoms with Crippen LogP contribution in [-0.4, -0.2) is 15.0 Å². The van der Waals surface area contributed by atoms with Crippen LogP contribution in [0.25, 0.3) is 11.0 Å². The van der Waals surface area contributed by atoms with Gasteiger partial charge in [0.15, 0.2) is 5.13 Å². The molecule has 0 aliphatic carbocycles. The first kappa shape index (κ1) is 11.2. The molecule has 0 atom stereocenters. The van der Waals surface area contributed by atoms with Crippen molar-refractivity contribution < 1.29 is 0 Å². The number of anilines is 1. The second kappa shape index (κ2) is 4.75. The lowest BCUT2D eigenvalue weighted by atomic mass is 10.2. The van der Waals surface area contributed by atoms with E-state index in [4.69, 9.17) is 5.73 Å². The highest BCUT2D eigenvalue weighted by Crippen LogP contribution is 2.19. The van der Waals surface area contributed by atoms with Crippen LogP contribution in [0.1, 0.15) is 10.4 Å². The molecule has 18 heavy (non-hydrogen) atoms. The number of hydrogen-bond acceptors (Lipinski definition) is 5. The molecule has 0 saturated heterocycles. The summed E-state index contributed by atoms with van der Waals surface area (Å²) in [6.45, 7) is 1.28. The van der Waals surface area contributed by atoms with Gasteiger partial charge < -0.3 is 16.0 Å². The zero-order valence-electron chi connectivity index (χ0n) is 9.68. The lowest BCUT2D eigenvalue weighted by Crippen LogP contribution is -1.98. The van der Waals surface area contributed by atoms with Crippen molar-refractivity contribution in [2.75, 3.05) is 5.32 Å². The van der Waals surface area contributed by atoms with Crippen molar-refractivity contribution in [2.24, 2.45) is 5.73 Å². The van der Waals surface area contributed by atoms with Gasteiger partial charge in [0.05, 0.1) is 17.4 Å². The summed E-state index contributed by atoms with van der Waals surface area (Å²) in [6.07, 6.45) is 3.52. The summed E-state index contributed by atoms with van der Waals surface area (Å²) in [5.41, 5.74) is 8.78. The Morgan fingerprint density at radius 3 is 3.11 bits per heavy atom. The van der Waals surface area contributed by atoms with E-state index in [2.05, 4.69) is 32.4 Å². The number of imidazole rings is 1. The van der Waals surface area contributed by atoms with Crippen molar-refractivity contribution in [1.29, 1.82) is 0 Å². The lowest BCUT2D eigenvalue weighted by Gasteiger charge is -2.02. The molecule has 0 radical (unpaired) electrons. The maximum Gasteiger partial charge on any atom is 0.183 e. The number of nitrogens with two attached hydrogens (primary N) is 1. The van der Waals surface area contributed by atoms with Gasteiger partial charge >= 0.3 is 0 Å². The molecule has 2 heterocycles. The molecular formula is C12H13N5S. The summed E-state index contributed by atoms with van der Waals surface area (Å²) < 4.78 is 0. The Morgan fingerprint density at radius 2 is 2.28 bits per heavy atom. The molecule has 0 unspecified atom stereocenters. The van der Waals surface area contributed by atoms with E-state index in [1.54, 1.807) is 17.7 Å². The standard InChI is InChI=1S/C12H13N5S/c13-4-9-6-15-12(18-9)14-5-8-1-2-10-11(3-8)17-7-16-10/h1-3,6-7H,4-5,13H2,(H,14,15)(H,16,17). The van der Waals surface area contributed by atoms with Crippen molar-refractivity contribution in [3.63, 3.8) is 0 Å². The molecule has 0 amide bonds. The molecule has 2 aromatic heterocycles. The van der Waals surface area contributed by atoms with Crippen molar-refractivity contribution in [3.05, 3.63) is 41.2 Å². The molecule has 1 aromatic carbocycles. The van der Waals surface area contributed by atoms with Gasteiger partial charge in [-0.1, -0.05) is 6.07 Å². The maximum atomic E-state index is 5.55. The monoisotopic (exact) mass is 259 g/mol. The number of nitrogens with one attached hydrogen (secondary N) is 2. The number of aromatic nitrogens is 3. The summed E-state index contributed by atoms with van der Waals surface area (Å²) in [7, 11) is 0. The highest BCUT2D eigenvalue weighted by atomic mass is 32.1. The van der Waals surface area contributed by atoms with Crippen LogP contribution in [0.15, 0.2) is 30.7 Å². The number of thiazole rings is 1. The van der Waals surface area contributed by atoms with E-state index in [-0.39, 0.29) is 0 Å². The van der Waals surface area contributed by atoms with E-state index in [0.717, 1.165) is 27.6 Å². The quantitative estimate of drug-likeness (QED) is 0.670. The number of fused-ring (bicyclic) bond motifs is 1. The van der Waals surface area contributed by atoms with E-state index < -0.39 is 0 Å². The van der Waals surface area contributed by atoms with Gasteiger partial charge in [-0.25, -0.2) is 9.97 Å². The fourth-order valence-corrected chi connectivity index (χ4v) is 2.44. The predicted octanol–water partition coefficient (Wildman–Crippen LogP) is 2.09. The van der Waals surface area contributed by atoms with Gasteiger partial charge in [-0.2, -0.15) is 0 Å². The molecule has 0 spiro atoms. The molecule has 3 aromatic rings. The fourth-order valence-electron chi connectivity index (χ4n) is 1.75. The maximum absolute atomic E-state index is 5.55. The normalized spacial score (nSPS) is 10.9. The minimum atomic E-state index is 0.541. The Kier molecular flexibility index (Phi) is 2.95. The zero-order chi connectivity index (χ0) is 12.4. The second-order valence-corrected chi connectivity index (χ2v) is 5.06. The average molecular weight is 259 g/mol. The Balaban J connectivity index is 1.72. The topological polar surface area (TPSA) is 79.6 Å². The van der Waals surface area contributed by atoms with Crippen LogP contribution in [0.2, 0.25) is 0 Å². The highest BCUT2D eigenvalue weighted by molar-refractivity contribution is 7.15. The number of nitrogens with zero attached hydrogens (tertiary/aromatic N) is 2. The molecule has 4 N–H and O–H groups in total. The SMILES string of the molecule is NCc1cnc(NCc2ccc3nc[nH]c3c2)s1. The summed E-state index contributed by atoms with van der Waals surface area (Å²) in [5.74, 6) is 0. The van der Waals surface area contributed by atoms with Crippen molar-refractivity contribution in [2.45, 2.75) is 13.1 Å². The molecule has 5 nitrogen and oxygen atoms in total. The summed E-state index contributed by atoms with van der Waals surface area (Å²) >= 11 is 1.59. The number of benzene rings is 1. The van der Waals surface area contributed by atoms with Gasteiger partial charge in [-0.05, 0) is 17.7 Å². The van der Waals surface area contributed by atoms with Crippen LogP contribution >= 0.6 is 11.3 Å². The first-order valence-electron chi connectivity index (χ1n) is 5.66. The van der Waals surface area contributed by atoms with Crippen LogP contribution in [0.5, 0.6) is 0 Å². The number of hydrogen-bond donors (Lipinski definition) is 3. The Labute approximate surface area is 108 Å². The molecule has 3 rings (SSSR count). The van der Waals surface area contributed by atoms with Gasteiger partial charge in [0, 0.05) is 24.2 Å². The zero-order valence-corrected chi connectivity index (χ0v) is 10.5. The summed E-state index contributed by atoms with van der Waals surface area (Å²) in [6, 6.07) is 6.16. The van der Waals surface area contributed by atoms with Crippen molar-refractivity contribution in [1.82, 2.24) is 15.0 Å². The molecular weight excluding hydrogens is 246 g/mol. The second-order valence-electron chi connectivity index (χ2n) is 3.94. The van der Waals surface area contributed by atoms with Gasteiger partial charge in [0.1, 0.15) is 0 Å². The molecule has 0 saturated carbocycles. The van der Waals surface area contributed by atoms with E-state index in [0.29, 0.717) is 6.54 Å². The Hall–Kier alpha value is -1.92. The smallest absolute Gasteiger partial charge is 0.183 e. The van der Waals surface area contributed by atoms with Gasteiger partial charge in [-0.15, -0.1) is 11.3 Å². The van der Waals surface area contributed by atoms with Crippen LogP contribution in [0.4, 0.5) is 5.13 Å². The summed E-state index contributed by atoms with van der Waals surface area (Å²) in [4.78, 5) is 12.6. The minimum absolute atomic E-state index is 0.541. The van der Waals surface area contributed by atoms with E-state index in [1.807, 2.05) is 12.3 Å². The van der Waals surface area contributed by atoms with Gasteiger partial charge in [0.2, 0.25) is 0 Å². The average Bonchev–Trinajstić information content (AvgIpc) is 3.04. The third-order valence-electron chi connectivity index (χ3n) is 2.68. The number of aromatic amines is 1. The van der Waals surface area contributed by atoms with Crippen LogP contribution in [-0.2, 0) is 13.1 Å². The van der Waals surface area contributed by atoms with Gasteiger partial charge in [0.25, 0.3) is 0 Å². The third kappa shape index (κ3) is 2.20. The van der Waals surface area contributed by atoms with E-state index >= 15 is 0 Å². The first-order valence-corrected chi connectivity index (χ1v) is 6.47. The molecule has 92 valence electrons.